The molecule has 1 fully saturated rings. The summed E-state index contributed by atoms with van der Waals surface area (Å²) in [6, 6.07) is 6.24. The minimum absolute atomic E-state index is 0.0145. The van der Waals surface area contributed by atoms with Crippen LogP contribution >= 0.6 is 0 Å². The molecule has 2 amide bonds. The summed E-state index contributed by atoms with van der Waals surface area (Å²) < 4.78 is 46.8. The number of nitrogens with zero attached hydrogens (tertiary/aromatic N) is 4. The second kappa shape index (κ2) is 7.66. The molecule has 1 aromatic heterocycles. The van der Waals surface area contributed by atoms with Gasteiger partial charge in [-0.3, -0.25) is 9.59 Å². The molecule has 0 N–H and O–H groups in total. The summed E-state index contributed by atoms with van der Waals surface area (Å²) in [7, 11) is 1.48. The van der Waals surface area contributed by atoms with E-state index in [2.05, 4.69) is 5.10 Å². The van der Waals surface area contributed by atoms with E-state index in [1.165, 1.54) is 24.1 Å². The summed E-state index contributed by atoms with van der Waals surface area (Å²) >= 11 is 0. The molecule has 7 nitrogen and oxygen atoms in total. The molecule has 2 aliphatic heterocycles. The highest BCUT2D eigenvalue weighted by atomic mass is 19.4. The molecule has 1 aromatic carbocycles. The van der Waals surface area contributed by atoms with Crippen molar-refractivity contribution in [2.45, 2.75) is 25.4 Å². The molecule has 3 heterocycles. The number of halogens is 3. The van der Waals surface area contributed by atoms with Crippen molar-refractivity contribution in [3.63, 3.8) is 0 Å². The van der Waals surface area contributed by atoms with Gasteiger partial charge in [0, 0.05) is 25.2 Å². The maximum Gasteiger partial charge on any atom is 0.435 e. The molecule has 0 aliphatic carbocycles. The average Bonchev–Trinajstić information content (AvgIpc) is 3.38. The summed E-state index contributed by atoms with van der Waals surface area (Å²) in [5.41, 5.74) is -1.03. The molecule has 10 heteroatoms. The smallest absolute Gasteiger partial charge is 0.435 e. The van der Waals surface area contributed by atoms with E-state index >= 15 is 0 Å². The first-order chi connectivity index (χ1) is 14.3. The SMILES string of the molecule is COc1ccc(-n2nc(C(F)(F)F)c3c2C(=O)N(CC(=O)N2CCCC2)CC3)cc1. The molecular weight excluding hydrogens is 401 g/mol. The first kappa shape index (κ1) is 20.2. The summed E-state index contributed by atoms with van der Waals surface area (Å²) in [4.78, 5) is 28.6. The number of alkyl halides is 3. The van der Waals surface area contributed by atoms with Gasteiger partial charge in [-0.05, 0) is 43.5 Å². The number of likely N-dealkylation sites (tertiary alicyclic amines) is 1. The Kier molecular flexibility index (Phi) is 5.17. The van der Waals surface area contributed by atoms with Crippen LogP contribution in [0.5, 0.6) is 5.75 Å². The molecule has 2 aliphatic rings. The normalized spacial score (nSPS) is 16.7. The number of amides is 2. The number of rotatable bonds is 4. The van der Waals surface area contributed by atoms with Crippen LogP contribution < -0.4 is 4.74 Å². The lowest BCUT2D eigenvalue weighted by atomic mass is 10.0. The van der Waals surface area contributed by atoms with E-state index in [1.54, 1.807) is 17.0 Å². The number of benzene rings is 1. The van der Waals surface area contributed by atoms with Crippen LogP contribution in [-0.2, 0) is 17.4 Å². The first-order valence-corrected chi connectivity index (χ1v) is 9.70. The largest absolute Gasteiger partial charge is 0.497 e. The van der Waals surface area contributed by atoms with Gasteiger partial charge in [0.05, 0.1) is 12.8 Å². The number of fused-ring (bicyclic) bond motifs is 1. The van der Waals surface area contributed by atoms with E-state index in [1.807, 2.05) is 0 Å². The fourth-order valence-electron chi connectivity index (χ4n) is 3.92. The van der Waals surface area contributed by atoms with Crippen LogP contribution in [0.2, 0.25) is 0 Å². The Labute approximate surface area is 171 Å². The standard InChI is InChI=1S/C20H21F3N4O3/c1-30-14-6-4-13(5-7-14)27-17-15(18(24-27)20(21,22)23)8-11-26(19(17)29)12-16(28)25-9-2-3-10-25/h4-7H,2-3,8-12H2,1H3. The number of hydrogen-bond acceptors (Lipinski definition) is 4. The number of aromatic nitrogens is 2. The van der Waals surface area contributed by atoms with E-state index in [9.17, 15) is 22.8 Å². The minimum atomic E-state index is -4.68. The van der Waals surface area contributed by atoms with Crippen LogP contribution in [0, 0.1) is 0 Å². The van der Waals surface area contributed by atoms with Crippen LogP contribution in [0.3, 0.4) is 0 Å². The molecule has 0 saturated carbocycles. The van der Waals surface area contributed by atoms with E-state index < -0.39 is 17.8 Å². The van der Waals surface area contributed by atoms with Crippen molar-refractivity contribution in [3.8, 4) is 11.4 Å². The van der Waals surface area contributed by atoms with Crippen molar-refractivity contribution in [2.75, 3.05) is 33.3 Å². The van der Waals surface area contributed by atoms with Gasteiger partial charge in [0.2, 0.25) is 5.91 Å². The lowest BCUT2D eigenvalue weighted by Gasteiger charge is -2.29. The number of ether oxygens (including phenoxy) is 1. The highest BCUT2D eigenvalue weighted by Crippen LogP contribution is 2.36. The van der Waals surface area contributed by atoms with E-state index in [0.717, 1.165) is 17.5 Å². The third kappa shape index (κ3) is 3.61. The number of hydrogen-bond donors (Lipinski definition) is 0. The second-order valence-electron chi connectivity index (χ2n) is 7.35. The molecule has 30 heavy (non-hydrogen) atoms. The summed E-state index contributed by atoms with van der Waals surface area (Å²) in [6.07, 6.45) is -2.86. The lowest BCUT2D eigenvalue weighted by molar-refractivity contribution is -0.142. The fourth-order valence-corrected chi connectivity index (χ4v) is 3.92. The predicted octanol–water partition coefficient (Wildman–Crippen LogP) is 2.52. The number of methoxy groups -OCH3 is 1. The summed E-state index contributed by atoms with van der Waals surface area (Å²) in [5, 5.41) is 3.74. The van der Waals surface area contributed by atoms with Crippen LogP contribution in [0.15, 0.2) is 24.3 Å². The Balaban J connectivity index is 1.70. The van der Waals surface area contributed by atoms with Crippen LogP contribution in [0.1, 0.15) is 34.6 Å². The van der Waals surface area contributed by atoms with E-state index in [4.69, 9.17) is 4.74 Å². The number of carbonyl (C=O) groups is 2. The second-order valence-corrected chi connectivity index (χ2v) is 7.35. The molecule has 0 spiro atoms. The fraction of sp³-hybridized carbons (Fsp3) is 0.450. The summed E-state index contributed by atoms with van der Waals surface area (Å²) in [6.45, 7) is 1.19. The highest BCUT2D eigenvalue weighted by molar-refractivity contribution is 5.98. The van der Waals surface area contributed by atoms with Gasteiger partial charge in [0.15, 0.2) is 5.69 Å². The molecule has 1 saturated heterocycles. The van der Waals surface area contributed by atoms with E-state index in [-0.39, 0.29) is 36.7 Å². The quantitative estimate of drug-likeness (QED) is 0.760. The Hall–Kier alpha value is -3.04. The Bertz CT molecular complexity index is 963. The summed E-state index contributed by atoms with van der Waals surface area (Å²) in [5.74, 6) is -0.279. The number of carbonyl (C=O) groups excluding carboxylic acids is 2. The Morgan fingerprint density at radius 2 is 1.80 bits per heavy atom. The van der Waals surface area contributed by atoms with Gasteiger partial charge in [-0.2, -0.15) is 18.3 Å². The molecule has 2 aromatic rings. The molecule has 160 valence electrons. The van der Waals surface area contributed by atoms with Gasteiger partial charge in [-0.25, -0.2) is 4.68 Å². The monoisotopic (exact) mass is 422 g/mol. The first-order valence-electron chi connectivity index (χ1n) is 9.70. The van der Waals surface area contributed by atoms with Crippen LogP contribution in [-0.4, -0.2) is 64.7 Å². The predicted molar refractivity (Wildman–Crippen MR) is 101 cm³/mol. The third-order valence-corrected chi connectivity index (χ3v) is 5.48. The van der Waals surface area contributed by atoms with Crippen molar-refractivity contribution in [3.05, 3.63) is 41.2 Å². The van der Waals surface area contributed by atoms with Crippen LogP contribution in [0.25, 0.3) is 5.69 Å². The van der Waals surface area contributed by atoms with Gasteiger partial charge in [-0.15, -0.1) is 0 Å². The maximum atomic E-state index is 13.6. The minimum Gasteiger partial charge on any atom is -0.497 e. The topological polar surface area (TPSA) is 67.7 Å². The van der Waals surface area contributed by atoms with Crippen molar-refractivity contribution in [1.82, 2.24) is 19.6 Å². The zero-order valence-electron chi connectivity index (χ0n) is 16.4. The van der Waals surface area contributed by atoms with Gasteiger partial charge < -0.3 is 14.5 Å². The molecule has 0 bridgehead atoms. The van der Waals surface area contributed by atoms with Gasteiger partial charge in [0.1, 0.15) is 18.0 Å². The Morgan fingerprint density at radius 3 is 2.40 bits per heavy atom. The van der Waals surface area contributed by atoms with Gasteiger partial charge in [-0.1, -0.05) is 0 Å². The van der Waals surface area contributed by atoms with Crippen molar-refractivity contribution >= 4 is 11.8 Å². The third-order valence-electron chi connectivity index (χ3n) is 5.48. The van der Waals surface area contributed by atoms with E-state index in [0.29, 0.717) is 24.5 Å². The Morgan fingerprint density at radius 1 is 1.13 bits per heavy atom. The zero-order chi connectivity index (χ0) is 21.5. The van der Waals surface area contributed by atoms with Crippen molar-refractivity contribution in [1.29, 1.82) is 0 Å². The molecular formula is C20H21F3N4O3. The lowest BCUT2D eigenvalue weighted by Crippen LogP contribution is -2.45. The molecule has 0 atom stereocenters. The average molecular weight is 422 g/mol. The molecule has 4 rings (SSSR count). The maximum absolute atomic E-state index is 13.6. The van der Waals surface area contributed by atoms with Crippen LogP contribution in [0.4, 0.5) is 13.2 Å². The van der Waals surface area contributed by atoms with Gasteiger partial charge in [0.25, 0.3) is 5.91 Å². The molecule has 0 unspecified atom stereocenters. The zero-order valence-corrected chi connectivity index (χ0v) is 16.4. The highest BCUT2D eigenvalue weighted by Gasteiger charge is 2.43. The van der Waals surface area contributed by atoms with Crippen molar-refractivity contribution < 1.29 is 27.5 Å². The van der Waals surface area contributed by atoms with Crippen molar-refractivity contribution in [2.24, 2.45) is 0 Å². The molecule has 0 radical (unpaired) electrons. The van der Waals surface area contributed by atoms with Gasteiger partial charge >= 0.3 is 6.18 Å².